The maximum Gasteiger partial charge on any atom is 0.133 e. The van der Waals surface area contributed by atoms with Crippen molar-refractivity contribution in [2.45, 2.75) is 6.54 Å². The molecule has 1 aromatic heterocycles. The number of ether oxygens (including phenoxy) is 1. The summed E-state index contributed by atoms with van der Waals surface area (Å²) < 4.78 is 6.17. The fraction of sp³-hybridized carbons (Fsp3) is 0.125. The fourth-order valence-electron chi connectivity index (χ4n) is 2.19. The molecule has 0 aliphatic rings. The molecule has 4 heteroatoms. The second kappa shape index (κ2) is 5.59. The van der Waals surface area contributed by atoms with Gasteiger partial charge in [0.2, 0.25) is 0 Å². The number of aromatic amines is 1. The number of methoxy groups -OCH3 is 1. The highest BCUT2D eigenvalue weighted by Gasteiger charge is 2.02. The smallest absolute Gasteiger partial charge is 0.133 e. The van der Waals surface area contributed by atoms with Crippen molar-refractivity contribution in [3.63, 3.8) is 0 Å². The van der Waals surface area contributed by atoms with Crippen LogP contribution in [-0.4, -0.2) is 12.1 Å². The molecule has 0 radical (unpaired) electrons. The number of hydrogen-bond donors (Lipinski definition) is 2. The summed E-state index contributed by atoms with van der Waals surface area (Å²) in [7, 11) is 1.67. The minimum Gasteiger partial charge on any atom is -0.496 e. The third-order valence-electron chi connectivity index (χ3n) is 3.27. The summed E-state index contributed by atoms with van der Waals surface area (Å²) in [6, 6.07) is 14.5. The molecule has 0 aliphatic heterocycles. The Kier molecular flexibility index (Phi) is 3.65. The molecule has 1 heterocycles. The zero-order valence-electron chi connectivity index (χ0n) is 11.1. The van der Waals surface area contributed by atoms with Crippen molar-refractivity contribution in [1.82, 2.24) is 4.98 Å². The Hall–Kier alpha value is -1.94. The van der Waals surface area contributed by atoms with E-state index in [4.69, 9.17) is 4.74 Å². The molecule has 2 aromatic carbocycles. The Labute approximate surface area is 126 Å². The molecular weight excluding hydrogens is 316 g/mol. The standard InChI is InChI=1S/C16H15BrN2O/c1-20-16-5-4-13(9-14(16)17)19-10-11-2-3-12-6-7-18-15(12)8-11/h2-9,18-19H,10H2,1H3. The molecule has 0 bridgehead atoms. The van der Waals surface area contributed by atoms with E-state index in [9.17, 15) is 0 Å². The van der Waals surface area contributed by atoms with E-state index in [1.165, 1.54) is 16.5 Å². The van der Waals surface area contributed by atoms with Crippen molar-refractivity contribution >= 4 is 32.5 Å². The minimum atomic E-state index is 0.785. The Morgan fingerprint density at radius 3 is 2.85 bits per heavy atom. The van der Waals surface area contributed by atoms with Crippen LogP contribution in [-0.2, 0) is 6.54 Å². The molecule has 0 unspecified atom stereocenters. The third-order valence-corrected chi connectivity index (χ3v) is 3.89. The van der Waals surface area contributed by atoms with Crippen molar-refractivity contribution in [2.75, 3.05) is 12.4 Å². The quantitative estimate of drug-likeness (QED) is 0.736. The van der Waals surface area contributed by atoms with Crippen molar-refractivity contribution in [2.24, 2.45) is 0 Å². The molecule has 3 aromatic rings. The molecular formula is C16H15BrN2O. The normalized spacial score (nSPS) is 10.7. The lowest BCUT2D eigenvalue weighted by Crippen LogP contribution is -1.99. The van der Waals surface area contributed by atoms with E-state index in [1.54, 1.807) is 7.11 Å². The SMILES string of the molecule is COc1ccc(NCc2ccc3cc[nH]c3c2)cc1Br. The van der Waals surface area contributed by atoms with Crippen molar-refractivity contribution in [3.8, 4) is 5.75 Å². The van der Waals surface area contributed by atoms with Crippen LogP contribution in [0.25, 0.3) is 10.9 Å². The highest BCUT2D eigenvalue weighted by atomic mass is 79.9. The van der Waals surface area contributed by atoms with Crippen LogP contribution in [0.4, 0.5) is 5.69 Å². The maximum atomic E-state index is 5.22. The Morgan fingerprint density at radius 1 is 1.15 bits per heavy atom. The van der Waals surface area contributed by atoms with Gasteiger partial charge in [0.15, 0.2) is 0 Å². The molecule has 102 valence electrons. The summed E-state index contributed by atoms with van der Waals surface area (Å²) in [6.07, 6.45) is 1.96. The van der Waals surface area contributed by atoms with Gasteiger partial charge in [0.05, 0.1) is 11.6 Å². The first-order valence-corrected chi connectivity index (χ1v) is 7.19. The first-order chi connectivity index (χ1) is 9.76. The van der Waals surface area contributed by atoms with Crippen LogP contribution >= 0.6 is 15.9 Å². The first-order valence-electron chi connectivity index (χ1n) is 6.40. The van der Waals surface area contributed by atoms with Gasteiger partial charge in [0.25, 0.3) is 0 Å². The molecule has 2 N–H and O–H groups in total. The monoisotopic (exact) mass is 330 g/mol. The largest absolute Gasteiger partial charge is 0.496 e. The van der Waals surface area contributed by atoms with E-state index in [-0.39, 0.29) is 0 Å². The van der Waals surface area contributed by atoms with Crippen LogP contribution in [0.5, 0.6) is 5.75 Å². The topological polar surface area (TPSA) is 37.0 Å². The number of aromatic nitrogens is 1. The third kappa shape index (κ3) is 2.65. The highest BCUT2D eigenvalue weighted by Crippen LogP contribution is 2.28. The Bertz CT molecular complexity index is 736. The van der Waals surface area contributed by atoms with Crippen LogP contribution in [0.15, 0.2) is 53.1 Å². The van der Waals surface area contributed by atoms with Gasteiger partial charge in [-0.1, -0.05) is 12.1 Å². The van der Waals surface area contributed by atoms with Crippen LogP contribution in [0.1, 0.15) is 5.56 Å². The summed E-state index contributed by atoms with van der Waals surface area (Å²) >= 11 is 3.49. The summed E-state index contributed by atoms with van der Waals surface area (Å²) in [5, 5.41) is 4.65. The van der Waals surface area contributed by atoms with Crippen LogP contribution in [0.3, 0.4) is 0 Å². The maximum absolute atomic E-state index is 5.22. The number of anilines is 1. The van der Waals surface area contributed by atoms with Crippen LogP contribution in [0.2, 0.25) is 0 Å². The van der Waals surface area contributed by atoms with E-state index < -0.39 is 0 Å². The average Bonchev–Trinajstić information content (AvgIpc) is 2.92. The summed E-state index contributed by atoms with van der Waals surface area (Å²) in [6.45, 7) is 0.785. The molecule has 0 amide bonds. The van der Waals surface area contributed by atoms with E-state index in [0.717, 1.165) is 22.5 Å². The van der Waals surface area contributed by atoms with Gasteiger partial charge in [0.1, 0.15) is 5.75 Å². The second-order valence-corrected chi connectivity index (χ2v) is 5.46. The zero-order valence-corrected chi connectivity index (χ0v) is 12.7. The van der Waals surface area contributed by atoms with Crippen molar-refractivity contribution in [3.05, 3.63) is 58.7 Å². The number of halogens is 1. The number of rotatable bonds is 4. The molecule has 3 nitrogen and oxygen atoms in total. The van der Waals surface area contributed by atoms with Gasteiger partial charge < -0.3 is 15.0 Å². The fourth-order valence-corrected chi connectivity index (χ4v) is 2.73. The molecule has 3 rings (SSSR count). The van der Waals surface area contributed by atoms with E-state index in [0.29, 0.717) is 0 Å². The summed E-state index contributed by atoms with van der Waals surface area (Å²) in [5.41, 5.74) is 3.47. The predicted octanol–water partition coefficient (Wildman–Crippen LogP) is 4.55. The summed E-state index contributed by atoms with van der Waals surface area (Å²) in [5.74, 6) is 0.836. The number of fused-ring (bicyclic) bond motifs is 1. The number of benzene rings is 2. The van der Waals surface area contributed by atoms with Gasteiger partial charge >= 0.3 is 0 Å². The Morgan fingerprint density at radius 2 is 2.05 bits per heavy atom. The average molecular weight is 331 g/mol. The minimum absolute atomic E-state index is 0.785. The zero-order chi connectivity index (χ0) is 13.9. The molecule has 0 atom stereocenters. The Balaban J connectivity index is 1.73. The highest BCUT2D eigenvalue weighted by molar-refractivity contribution is 9.10. The molecule has 0 fully saturated rings. The first kappa shape index (κ1) is 13.1. The number of H-pyrrole nitrogens is 1. The van der Waals surface area contributed by atoms with Crippen LogP contribution < -0.4 is 10.1 Å². The molecule has 0 spiro atoms. The predicted molar refractivity (Wildman–Crippen MR) is 86.3 cm³/mol. The van der Waals surface area contributed by atoms with Crippen molar-refractivity contribution in [1.29, 1.82) is 0 Å². The molecule has 20 heavy (non-hydrogen) atoms. The van der Waals surface area contributed by atoms with Gasteiger partial charge in [-0.15, -0.1) is 0 Å². The molecule has 0 saturated carbocycles. The summed E-state index contributed by atoms with van der Waals surface area (Å²) in [4.78, 5) is 3.23. The number of nitrogens with one attached hydrogen (secondary N) is 2. The lowest BCUT2D eigenvalue weighted by molar-refractivity contribution is 0.412. The van der Waals surface area contributed by atoms with Gasteiger partial charge in [-0.05, 0) is 57.2 Å². The molecule has 0 aliphatic carbocycles. The van der Waals surface area contributed by atoms with E-state index in [2.05, 4.69) is 50.5 Å². The number of hydrogen-bond acceptors (Lipinski definition) is 2. The second-order valence-electron chi connectivity index (χ2n) is 4.60. The van der Waals surface area contributed by atoms with E-state index in [1.807, 2.05) is 24.4 Å². The van der Waals surface area contributed by atoms with Gasteiger partial charge in [0, 0.05) is 23.9 Å². The van der Waals surface area contributed by atoms with Crippen LogP contribution in [0, 0.1) is 0 Å². The molecule has 0 saturated heterocycles. The van der Waals surface area contributed by atoms with Crippen molar-refractivity contribution < 1.29 is 4.74 Å². The lowest BCUT2D eigenvalue weighted by atomic mass is 10.1. The lowest BCUT2D eigenvalue weighted by Gasteiger charge is -2.09. The van der Waals surface area contributed by atoms with Gasteiger partial charge in [-0.25, -0.2) is 0 Å². The van der Waals surface area contributed by atoms with Gasteiger partial charge in [-0.2, -0.15) is 0 Å². The van der Waals surface area contributed by atoms with E-state index >= 15 is 0 Å². The van der Waals surface area contributed by atoms with Gasteiger partial charge in [-0.3, -0.25) is 0 Å².